The van der Waals surface area contributed by atoms with Crippen molar-refractivity contribution in [1.29, 1.82) is 0 Å². The standard InChI is InChI=1S/C15H28N2O2/c1-12(2)9-13-3-6-17(10-13)14(18)15(11-16)4-7-19-8-5-15/h12-13H,3-11,16H2,1-2H3. The van der Waals surface area contributed by atoms with Gasteiger partial charge in [-0.1, -0.05) is 13.8 Å². The first-order valence-corrected chi connectivity index (χ1v) is 7.64. The summed E-state index contributed by atoms with van der Waals surface area (Å²) in [5, 5.41) is 0. The second-order valence-corrected chi connectivity index (χ2v) is 6.63. The Balaban J connectivity index is 1.95. The molecular weight excluding hydrogens is 240 g/mol. The Hall–Kier alpha value is -0.610. The van der Waals surface area contributed by atoms with Crippen LogP contribution >= 0.6 is 0 Å². The number of ether oxygens (including phenoxy) is 1. The van der Waals surface area contributed by atoms with Crippen LogP contribution < -0.4 is 5.73 Å². The zero-order valence-electron chi connectivity index (χ0n) is 12.4. The maximum absolute atomic E-state index is 12.8. The van der Waals surface area contributed by atoms with Crippen molar-refractivity contribution in [3.63, 3.8) is 0 Å². The Labute approximate surface area is 116 Å². The molecule has 19 heavy (non-hydrogen) atoms. The van der Waals surface area contributed by atoms with Crippen LogP contribution in [0.15, 0.2) is 0 Å². The molecule has 2 saturated heterocycles. The van der Waals surface area contributed by atoms with E-state index in [9.17, 15) is 4.79 Å². The van der Waals surface area contributed by atoms with E-state index in [0.29, 0.717) is 31.6 Å². The molecule has 1 unspecified atom stereocenters. The van der Waals surface area contributed by atoms with Gasteiger partial charge < -0.3 is 15.4 Å². The highest BCUT2D eigenvalue weighted by Gasteiger charge is 2.43. The summed E-state index contributed by atoms with van der Waals surface area (Å²) in [5.41, 5.74) is 5.58. The molecule has 2 heterocycles. The number of amides is 1. The zero-order valence-corrected chi connectivity index (χ0v) is 12.4. The number of carbonyl (C=O) groups excluding carboxylic acids is 1. The quantitative estimate of drug-likeness (QED) is 0.843. The van der Waals surface area contributed by atoms with Gasteiger partial charge in [0.2, 0.25) is 5.91 Å². The van der Waals surface area contributed by atoms with Crippen molar-refractivity contribution in [2.45, 2.75) is 39.5 Å². The van der Waals surface area contributed by atoms with Gasteiger partial charge in [0, 0.05) is 32.8 Å². The highest BCUT2D eigenvalue weighted by Crippen LogP contribution is 2.34. The monoisotopic (exact) mass is 268 g/mol. The summed E-state index contributed by atoms with van der Waals surface area (Å²) in [6.45, 7) is 8.16. The molecule has 0 aromatic heterocycles. The number of hydrogen-bond donors (Lipinski definition) is 1. The average Bonchev–Trinajstić information content (AvgIpc) is 2.86. The van der Waals surface area contributed by atoms with Crippen LogP contribution in [0, 0.1) is 17.3 Å². The van der Waals surface area contributed by atoms with Gasteiger partial charge in [-0.3, -0.25) is 4.79 Å². The average molecular weight is 268 g/mol. The van der Waals surface area contributed by atoms with Crippen molar-refractivity contribution in [1.82, 2.24) is 4.90 Å². The van der Waals surface area contributed by atoms with Gasteiger partial charge in [-0.2, -0.15) is 0 Å². The number of rotatable bonds is 4. The summed E-state index contributed by atoms with van der Waals surface area (Å²) in [6.07, 6.45) is 3.95. The first-order valence-electron chi connectivity index (χ1n) is 7.64. The molecule has 110 valence electrons. The minimum Gasteiger partial charge on any atom is -0.381 e. The predicted molar refractivity (Wildman–Crippen MR) is 75.7 cm³/mol. The van der Waals surface area contributed by atoms with Crippen molar-refractivity contribution in [3.8, 4) is 0 Å². The van der Waals surface area contributed by atoms with Crippen LogP contribution in [0.5, 0.6) is 0 Å². The molecule has 0 aromatic carbocycles. The van der Waals surface area contributed by atoms with Gasteiger partial charge in [0.25, 0.3) is 0 Å². The van der Waals surface area contributed by atoms with E-state index in [0.717, 1.165) is 32.4 Å². The van der Waals surface area contributed by atoms with Gasteiger partial charge >= 0.3 is 0 Å². The number of nitrogens with two attached hydrogens (primary N) is 1. The van der Waals surface area contributed by atoms with Gasteiger partial charge in [-0.25, -0.2) is 0 Å². The SMILES string of the molecule is CC(C)CC1CCN(C(=O)C2(CN)CCOCC2)C1. The molecule has 2 N–H and O–H groups in total. The van der Waals surface area contributed by atoms with Crippen molar-refractivity contribution in [3.05, 3.63) is 0 Å². The summed E-state index contributed by atoms with van der Waals surface area (Å²) in [4.78, 5) is 14.8. The Bertz CT molecular complexity index is 311. The lowest BCUT2D eigenvalue weighted by molar-refractivity contribution is -0.146. The van der Waals surface area contributed by atoms with E-state index in [2.05, 4.69) is 18.7 Å². The smallest absolute Gasteiger partial charge is 0.230 e. The molecular formula is C15H28N2O2. The molecule has 0 spiro atoms. The summed E-state index contributed by atoms with van der Waals surface area (Å²) >= 11 is 0. The molecule has 0 aliphatic carbocycles. The van der Waals surface area contributed by atoms with Crippen molar-refractivity contribution < 1.29 is 9.53 Å². The summed E-state index contributed by atoms with van der Waals surface area (Å²) in [7, 11) is 0. The molecule has 0 radical (unpaired) electrons. The molecule has 0 saturated carbocycles. The van der Waals surface area contributed by atoms with Crippen molar-refractivity contribution in [2.24, 2.45) is 23.0 Å². The van der Waals surface area contributed by atoms with E-state index in [-0.39, 0.29) is 11.3 Å². The third kappa shape index (κ3) is 3.29. The van der Waals surface area contributed by atoms with Crippen LogP contribution in [0.1, 0.15) is 39.5 Å². The molecule has 2 aliphatic rings. The molecule has 4 nitrogen and oxygen atoms in total. The Morgan fingerprint density at radius 1 is 1.42 bits per heavy atom. The molecule has 1 amide bonds. The molecule has 0 aromatic rings. The van der Waals surface area contributed by atoms with Gasteiger partial charge in [0.1, 0.15) is 0 Å². The minimum atomic E-state index is -0.342. The summed E-state index contributed by atoms with van der Waals surface area (Å²) in [6, 6.07) is 0. The predicted octanol–water partition coefficient (Wildman–Crippen LogP) is 1.64. The highest BCUT2D eigenvalue weighted by molar-refractivity contribution is 5.83. The molecule has 2 fully saturated rings. The second kappa shape index (κ2) is 6.23. The summed E-state index contributed by atoms with van der Waals surface area (Å²) < 4.78 is 5.39. The maximum atomic E-state index is 12.8. The van der Waals surface area contributed by atoms with Crippen LogP contribution in [0.2, 0.25) is 0 Å². The maximum Gasteiger partial charge on any atom is 0.230 e. The van der Waals surface area contributed by atoms with E-state index < -0.39 is 0 Å². The van der Waals surface area contributed by atoms with Crippen LogP contribution in [-0.2, 0) is 9.53 Å². The fourth-order valence-corrected chi connectivity index (χ4v) is 3.48. The number of hydrogen-bond acceptors (Lipinski definition) is 3. The third-order valence-corrected chi connectivity index (χ3v) is 4.67. The lowest BCUT2D eigenvalue weighted by Crippen LogP contribution is -2.50. The van der Waals surface area contributed by atoms with Crippen LogP contribution in [-0.4, -0.2) is 43.7 Å². The summed E-state index contributed by atoms with van der Waals surface area (Å²) in [5.74, 6) is 1.68. The molecule has 4 heteroatoms. The first kappa shape index (κ1) is 14.8. The molecule has 1 atom stereocenters. The fraction of sp³-hybridized carbons (Fsp3) is 0.933. The van der Waals surface area contributed by atoms with Crippen molar-refractivity contribution in [2.75, 3.05) is 32.8 Å². The topological polar surface area (TPSA) is 55.6 Å². The highest BCUT2D eigenvalue weighted by atomic mass is 16.5. The van der Waals surface area contributed by atoms with E-state index in [1.807, 2.05) is 0 Å². The van der Waals surface area contributed by atoms with E-state index in [1.165, 1.54) is 6.42 Å². The normalized spacial score (nSPS) is 26.9. The lowest BCUT2D eigenvalue weighted by atomic mass is 9.79. The molecule has 0 bridgehead atoms. The van der Waals surface area contributed by atoms with E-state index in [1.54, 1.807) is 0 Å². The molecule has 2 rings (SSSR count). The fourth-order valence-electron chi connectivity index (χ4n) is 3.48. The minimum absolute atomic E-state index is 0.282. The van der Waals surface area contributed by atoms with E-state index >= 15 is 0 Å². The van der Waals surface area contributed by atoms with Gasteiger partial charge in [-0.15, -0.1) is 0 Å². The lowest BCUT2D eigenvalue weighted by Gasteiger charge is -2.37. The Morgan fingerprint density at radius 3 is 2.68 bits per heavy atom. The van der Waals surface area contributed by atoms with E-state index in [4.69, 9.17) is 10.5 Å². The van der Waals surface area contributed by atoms with Gasteiger partial charge in [-0.05, 0) is 37.5 Å². The Kier molecular flexibility index (Phi) is 4.85. The van der Waals surface area contributed by atoms with Crippen molar-refractivity contribution >= 4 is 5.91 Å². The van der Waals surface area contributed by atoms with Gasteiger partial charge in [0.05, 0.1) is 5.41 Å². The van der Waals surface area contributed by atoms with Crippen LogP contribution in [0.3, 0.4) is 0 Å². The first-order chi connectivity index (χ1) is 9.07. The van der Waals surface area contributed by atoms with Crippen LogP contribution in [0.4, 0.5) is 0 Å². The van der Waals surface area contributed by atoms with Gasteiger partial charge in [0.15, 0.2) is 0 Å². The van der Waals surface area contributed by atoms with Crippen LogP contribution in [0.25, 0.3) is 0 Å². The number of nitrogens with zero attached hydrogens (tertiary/aromatic N) is 1. The largest absolute Gasteiger partial charge is 0.381 e. The number of carbonyl (C=O) groups is 1. The molecule has 2 aliphatic heterocycles. The second-order valence-electron chi connectivity index (χ2n) is 6.63. The third-order valence-electron chi connectivity index (χ3n) is 4.67. The Morgan fingerprint density at radius 2 is 2.11 bits per heavy atom. The number of likely N-dealkylation sites (tertiary alicyclic amines) is 1. The zero-order chi connectivity index (χ0) is 13.9.